The number of aryl methyl sites for hydroxylation is 2. The summed E-state index contributed by atoms with van der Waals surface area (Å²) in [5, 5.41) is 5.04. The maximum atomic E-state index is 12.4. The van der Waals surface area contributed by atoms with Crippen LogP contribution in [0.1, 0.15) is 28.4 Å². The number of aromatic nitrogens is 1. The van der Waals surface area contributed by atoms with E-state index >= 15 is 0 Å². The average molecular weight is 380 g/mol. The zero-order chi connectivity index (χ0) is 19.4. The summed E-state index contributed by atoms with van der Waals surface area (Å²) in [4.78, 5) is 29.1. The second-order valence-electron chi connectivity index (χ2n) is 6.26. The molecular weight excluding hydrogens is 360 g/mol. The Morgan fingerprint density at radius 3 is 2.59 bits per heavy atom. The minimum absolute atomic E-state index is 0.414. The number of carbonyl (C=O) groups is 2. The number of esters is 1. The van der Waals surface area contributed by atoms with Gasteiger partial charge in [0.05, 0.1) is 11.3 Å². The van der Waals surface area contributed by atoms with E-state index in [1.165, 1.54) is 11.3 Å². The number of carbonyl (C=O) groups excluding carboxylic acids is 2. The fourth-order valence-electron chi connectivity index (χ4n) is 2.51. The number of nitrogens with zero attached hydrogens (tertiary/aromatic N) is 1. The Balaban J connectivity index is 1.63. The number of rotatable bonds is 5. The van der Waals surface area contributed by atoms with Gasteiger partial charge in [0.1, 0.15) is 0 Å². The van der Waals surface area contributed by atoms with Crippen LogP contribution in [0.2, 0.25) is 0 Å². The SMILES string of the molecule is Cc1ccc(C)c(C(=O)O[C@@H](C)C(=O)Nc2nc(-c3ccccc3)cs2)c1. The zero-order valence-electron chi connectivity index (χ0n) is 15.4. The first kappa shape index (κ1) is 18.8. The molecule has 0 bridgehead atoms. The molecular formula is C21H20N2O3S. The average Bonchev–Trinajstić information content (AvgIpc) is 3.12. The number of anilines is 1. The highest BCUT2D eigenvalue weighted by atomic mass is 32.1. The van der Waals surface area contributed by atoms with Crippen molar-refractivity contribution in [1.29, 1.82) is 0 Å². The molecule has 0 unspecified atom stereocenters. The third-order valence-electron chi connectivity index (χ3n) is 4.07. The fraction of sp³-hybridized carbons (Fsp3) is 0.190. The third-order valence-corrected chi connectivity index (χ3v) is 4.83. The summed E-state index contributed by atoms with van der Waals surface area (Å²) < 4.78 is 5.32. The number of hydrogen-bond donors (Lipinski definition) is 1. The molecule has 0 aliphatic heterocycles. The summed E-state index contributed by atoms with van der Waals surface area (Å²) in [7, 11) is 0. The Hall–Kier alpha value is -2.99. The van der Waals surface area contributed by atoms with Gasteiger partial charge < -0.3 is 4.74 Å². The largest absolute Gasteiger partial charge is 0.449 e. The van der Waals surface area contributed by atoms with Crippen LogP contribution >= 0.6 is 11.3 Å². The standard InChI is InChI=1S/C21H20N2O3S/c1-13-9-10-14(2)17(11-13)20(25)26-15(3)19(24)23-21-22-18(12-27-21)16-7-5-4-6-8-16/h4-12,15H,1-3H3,(H,22,23,24)/t15-/m0/s1. The topological polar surface area (TPSA) is 68.3 Å². The minimum atomic E-state index is -0.929. The Bertz CT molecular complexity index is 967. The smallest absolute Gasteiger partial charge is 0.339 e. The minimum Gasteiger partial charge on any atom is -0.449 e. The summed E-state index contributed by atoms with van der Waals surface area (Å²) in [6, 6.07) is 15.3. The van der Waals surface area contributed by atoms with Crippen LogP contribution in [0, 0.1) is 13.8 Å². The van der Waals surface area contributed by atoms with E-state index in [1.54, 1.807) is 13.0 Å². The maximum absolute atomic E-state index is 12.4. The molecule has 138 valence electrons. The van der Waals surface area contributed by atoms with Crippen molar-refractivity contribution in [3.8, 4) is 11.3 Å². The van der Waals surface area contributed by atoms with Crippen molar-refractivity contribution in [2.24, 2.45) is 0 Å². The molecule has 0 saturated carbocycles. The lowest BCUT2D eigenvalue weighted by Crippen LogP contribution is -2.30. The predicted octanol–water partition coefficient (Wildman–Crippen LogP) is 4.61. The summed E-state index contributed by atoms with van der Waals surface area (Å²) in [6.07, 6.45) is -0.929. The van der Waals surface area contributed by atoms with Crippen molar-refractivity contribution in [1.82, 2.24) is 4.98 Å². The van der Waals surface area contributed by atoms with Gasteiger partial charge in [-0.05, 0) is 32.4 Å². The van der Waals surface area contributed by atoms with Gasteiger partial charge >= 0.3 is 5.97 Å². The molecule has 0 radical (unpaired) electrons. The lowest BCUT2D eigenvalue weighted by atomic mass is 10.1. The molecule has 1 aromatic heterocycles. The molecule has 0 fully saturated rings. The number of amides is 1. The number of benzene rings is 2. The van der Waals surface area contributed by atoms with E-state index in [-0.39, 0.29) is 0 Å². The maximum Gasteiger partial charge on any atom is 0.339 e. The highest BCUT2D eigenvalue weighted by Gasteiger charge is 2.21. The third kappa shape index (κ3) is 4.60. The molecule has 1 heterocycles. The van der Waals surface area contributed by atoms with Crippen molar-refractivity contribution in [3.05, 3.63) is 70.6 Å². The van der Waals surface area contributed by atoms with Gasteiger partial charge in [-0.2, -0.15) is 0 Å². The molecule has 27 heavy (non-hydrogen) atoms. The predicted molar refractivity (Wildman–Crippen MR) is 107 cm³/mol. The monoisotopic (exact) mass is 380 g/mol. The highest BCUT2D eigenvalue weighted by Crippen LogP contribution is 2.24. The van der Waals surface area contributed by atoms with Crippen molar-refractivity contribution in [3.63, 3.8) is 0 Å². The van der Waals surface area contributed by atoms with Gasteiger partial charge in [0.25, 0.3) is 5.91 Å². The van der Waals surface area contributed by atoms with Crippen LogP contribution in [-0.2, 0) is 9.53 Å². The normalized spacial score (nSPS) is 11.7. The molecule has 3 rings (SSSR count). The Morgan fingerprint density at radius 1 is 1.11 bits per heavy atom. The van der Waals surface area contributed by atoms with E-state index in [9.17, 15) is 9.59 Å². The Kier molecular flexibility index (Phi) is 5.66. The lowest BCUT2D eigenvalue weighted by Gasteiger charge is -2.13. The van der Waals surface area contributed by atoms with Gasteiger partial charge in [-0.3, -0.25) is 10.1 Å². The van der Waals surface area contributed by atoms with E-state index in [0.717, 1.165) is 22.4 Å². The van der Waals surface area contributed by atoms with Crippen LogP contribution in [0.3, 0.4) is 0 Å². The summed E-state index contributed by atoms with van der Waals surface area (Å²) in [6.45, 7) is 5.28. The second-order valence-corrected chi connectivity index (χ2v) is 7.12. The Labute approximate surface area is 162 Å². The van der Waals surface area contributed by atoms with Gasteiger partial charge in [-0.25, -0.2) is 9.78 Å². The first-order chi connectivity index (χ1) is 12.9. The molecule has 3 aromatic rings. The first-order valence-electron chi connectivity index (χ1n) is 8.54. The quantitative estimate of drug-likeness (QED) is 0.656. The molecule has 0 saturated heterocycles. The fourth-order valence-corrected chi connectivity index (χ4v) is 3.24. The molecule has 6 heteroatoms. The van der Waals surface area contributed by atoms with Crippen LogP contribution in [0.5, 0.6) is 0 Å². The first-order valence-corrected chi connectivity index (χ1v) is 9.42. The number of hydrogen-bond acceptors (Lipinski definition) is 5. The summed E-state index contributed by atoms with van der Waals surface area (Å²) in [5.41, 5.74) is 4.00. The van der Waals surface area contributed by atoms with Crippen LogP contribution in [0.15, 0.2) is 53.9 Å². The Morgan fingerprint density at radius 2 is 1.85 bits per heavy atom. The van der Waals surface area contributed by atoms with E-state index in [1.807, 2.05) is 61.7 Å². The van der Waals surface area contributed by atoms with Crippen molar-refractivity contribution in [2.45, 2.75) is 26.9 Å². The molecule has 0 aliphatic rings. The summed E-state index contributed by atoms with van der Waals surface area (Å²) in [5.74, 6) is -0.925. The zero-order valence-corrected chi connectivity index (χ0v) is 16.2. The molecule has 1 amide bonds. The van der Waals surface area contributed by atoms with Gasteiger partial charge in [0.15, 0.2) is 11.2 Å². The molecule has 0 aliphatic carbocycles. The summed E-state index contributed by atoms with van der Waals surface area (Å²) >= 11 is 1.33. The number of thiazole rings is 1. The molecule has 0 spiro atoms. The number of ether oxygens (including phenoxy) is 1. The molecule has 1 atom stereocenters. The molecule has 2 aromatic carbocycles. The van der Waals surface area contributed by atoms with E-state index in [2.05, 4.69) is 10.3 Å². The lowest BCUT2D eigenvalue weighted by molar-refractivity contribution is -0.123. The van der Waals surface area contributed by atoms with Crippen LogP contribution < -0.4 is 5.32 Å². The van der Waals surface area contributed by atoms with Crippen molar-refractivity contribution in [2.75, 3.05) is 5.32 Å². The second kappa shape index (κ2) is 8.14. The van der Waals surface area contributed by atoms with E-state index < -0.39 is 18.0 Å². The van der Waals surface area contributed by atoms with E-state index in [4.69, 9.17) is 4.74 Å². The van der Waals surface area contributed by atoms with Gasteiger partial charge in [0.2, 0.25) is 0 Å². The van der Waals surface area contributed by atoms with Crippen LogP contribution in [0.25, 0.3) is 11.3 Å². The van der Waals surface area contributed by atoms with Crippen molar-refractivity contribution >= 4 is 28.3 Å². The van der Waals surface area contributed by atoms with Crippen LogP contribution in [0.4, 0.5) is 5.13 Å². The number of nitrogens with one attached hydrogen (secondary N) is 1. The molecule has 5 nitrogen and oxygen atoms in total. The van der Waals surface area contributed by atoms with Crippen molar-refractivity contribution < 1.29 is 14.3 Å². The van der Waals surface area contributed by atoms with Gasteiger partial charge in [-0.1, -0.05) is 48.0 Å². The molecule has 1 N–H and O–H groups in total. The highest BCUT2D eigenvalue weighted by molar-refractivity contribution is 7.14. The van der Waals surface area contributed by atoms with Gasteiger partial charge in [0, 0.05) is 10.9 Å². The van der Waals surface area contributed by atoms with E-state index in [0.29, 0.717) is 10.7 Å². The van der Waals surface area contributed by atoms with Gasteiger partial charge in [-0.15, -0.1) is 11.3 Å². The van der Waals surface area contributed by atoms with Crippen LogP contribution in [-0.4, -0.2) is 23.0 Å².